The van der Waals surface area contributed by atoms with E-state index in [2.05, 4.69) is 140 Å². The lowest BCUT2D eigenvalue weighted by atomic mass is 9.91. The Balaban J connectivity index is 1.23. The second-order valence-electron chi connectivity index (χ2n) is 11.3. The maximum atomic E-state index is 5.03. The van der Waals surface area contributed by atoms with Crippen molar-refractivity contribution < 1.29 is 0 Å². The van der Waals surface area contributed by atoms with Gasteiger partial charge in [0.15, 0.2) is 17.5 Å². The smallest absolute Gasteiger partial charge is 0.164 e. The van der Waals surface area contributed by atoms with E-state index in [0.29, 0.717) is 17.5 Å². The molecule has 0 saturated carbocycles. The van der Waals surface area contributed by atoms with Gasteiger partial charge < -0.3 is 0 Å². The number of benzene rings is 7. The maximum absolute atomic E-state index is 5.03. The van der Waals surface area contributed by atoms with Crippen LogP contribution in [0.1, 0.15) is 0 Å². The molecule has 3 nitrogen and oxygen atoms in total. The van der Waals surface area contributed by atoms with Crippen LogP contribution in [0.25, 0.3) is 78.3 Å². The van der Waals surface area contributed by atoms with Gasteiger partial charge in [0.25, 0.3) is 0 Å². The number of hydrogen-bond donors (Lipinski definition) is 0. The summed E-state index contributed by atoms with van der Waals surface area (Å²) in [6, 6.07) is 61.1. The second kappa shape index (κ2) is 12.1. The third-order valence-electron chi connectivity index (χ3n) is 8.36. The predicted octanol–water partition coefficient (Wildman–Crippen LogP) is 11.0. The highest BCUT2D eigenvalue weighted by atomic mass is 15.0. The van der Waals surface area contributed by atoms with Crippen molar-refractivity contribution in [2.75, 3.05) is 0 Å². The van der Waals surface area contributed by atoms with E-state index < -0.39 is 0 Å². The van der Waals surface area contributed by atoms with Gasteiger partial charge in [0, 0.05) is 16.7 Å². The minimum atomic E-state index is 0.642. The molecule has 0 amide bonds. The summed E-state index contributed by atoms with van der Waals surface area (Å²) < 4.78 is 0. The van der Waals surface area contributed by atoms with E-state index in [1.54, 1.807) is 0 Å². The first kappa shape index (κ1) is 27.4. The molecule has 8 rings (SSSR count). The quantitative estimate of drug-likeness (QED) is 0.194. The van der Waals surface area contributed by atoms with Gasteiger partial charge in [0.1, 0.15) is 0 Å². The van der Waals surface area contributed by atoms with Gasteiger partial charge in [-0.15, -0.1) is 0 Å². The summed E-state index contributed by atoms with van der Waals surface area (Å²) in [5.74, 6) is 1.94. The third kappa shape index (κ3) is 5.36. The van der Waals surface area contributed by atoms with Gasteiger partial charge in [-0.3, -0.25) is 0 Å². The number of fused-ring (bicyclic) bond motifs is 1. The summed E-state index contributed by atoms with van der Waals surface area (Å²) in [6.07, 6.45) is 0. The van der Waals surface area contributed by atoms with Crippen LogP contribution >= 0.6 is 0 Å². The minimum absolute atomic E-state index is 0.642. The Morgan fingerprint density at radius 2 is 0.609 bits per heavy atom. The standard InChI is InChI=1S/C43H29N3/c1-4-13-30(14-5-1)31-23-25-34(26-24-31)42-44-41(33-17-8-3-9-18-33)45-43(46-42)36-20-12-19-35(29-36)38-28-27-37(32-15-6-2-7-16-32)39-21-10-11-22-40(38)39/h1-29H. The fraction of sp³-hybridized carbons (Fsp3) is 0. The molecular formula is C43H29N3. The fourth-order valence-corrected chi connectivity index (χ4v) is 6.04. The largest absolute Gasteiger partial charge is 0.208 e. The molecule has 7 aromatic carbocycles. The van der Waals surface area contributed by atoms with E-state index in [1.165, 1.54) is 33.0 Å². The van der Waals surface area contributed by atoms with E-state index in [1.807, 2.05) is 36.4 Å². The molecule has 0 saturated heterocycles. The molecule has 0 bridgehead atoms. The molecule has 216 valence electrons. The van der Waals surface area contributed by atoms with E-state index in [9.17, 15) is 0 Å². The zero-order valence-electron chi connectivity index (χ0n) is 25.1. The van der Waals surface area contributed by atoms with Crippen LogP contribution in [0.4, 0.5) is 0 Å². The van der Waals surface area contributed by atoms with Crippen molar-refractivity contribution in [1.82, 2.24) is 15.0 Å². The minimum Gasteiger partial charge on any atom is -0.208 e. The van der Waals surface area contributed by atoms with Crippen molar-refractivity contribution in [3.05, 3.63) is 176 Å². The van der Waals surface area contributed by atoms with E-state index >= 15 is 0 Å². The van der Waals surface area contributed by atoms with E-state index in [-0.39, 0.29) is 0 Å². The SMILES string of the molecule is c1ccc(-c2ccc(-c3nc(-c4ccccc4)nc(-c4cccc(-c5ccc(-c6ccccc6)c6ccccc56)c4)n3)cc2)cc1. The average Bonchev–Trinajstić information content (AvgIpc) is 3.15. The number of nitrogens with zero attached hydrogens (tertiary/aromatic N) is 3. The first-order valence-electron chi connectivity index (χ1n) is 15.5. The van der Waals surface area contributed by atoms with Gasteiger partial charge in [-0.1, -0.05) is 170 Å². The van der Waals surface area contributed by atoms with Crippen LogP contribution in [0.15, 0.2) is 176 Å². The Morgan fingerprint density at radius 1 is 0.239 bits per heavy atom. The van der Waals surface area contributed by atoms with Crippen LogP contribution < -0.4 is 0 Å². The van der Waals surface area contributed by atoms with Gasteiger partial charge in [0.05, 0.1) is 0 Å². The molecule has 8 aromatic rings. The van der Waals surface area contributed by atoms with Crippen molar-refractivity contribution in [1.29, 1.82) is 0 Å². The summed E-state index contributed by atoms with van der Waals surface area (Å²) in [7, 11) is 0. The molecule has 0 aliphatic carbocycles. The monoisotopic (exact) mass is 587 g/mol. The zero-order valence-corrected chi connectivity index (χ0v) is 25.1. The van der Waals surface area contributed by atoms with Gasteiger partial charge in [0.2, 0.25) is 0 Å². The van der Waals surface area contributed by atoms with Crippen molar-refractivity contribution in [2.24, 2.45) is 0 Å². The maximum Gasteiger partial charge on any atom is 0.164 e. The van der Waals surface area contributed by atoms with Crippen LogP contribution in [-0.4, -0.2) is 15.0 Å². The van der Waals surface area contributed by atoms with Crippen molar-refractivity contribution in [3.63, 3.8) is 0 Å². The third-order valence-corrected chi connectivity index (χ3v) is 8.36. The summed E-state index contributed by atoms with van der Waals surface area (Å²) in [4.78, 5) is 15.0. The molecule has 46 heavy (non-hydrogen) atoms. The lowest BCUT2D eigenvalue weighted by Gasteiger charge is -2.13. The Morgan fingerprint density at radius 3 is 1.20 bits per heavy atom. The van der Waals surface area contributed by atoms with E-state index in [0.717, 1.165) is 27.8 Å². The normalized spacial score (nSPS) is 11.0. The lowest BCUT2D eigenvalue weighted by Crippen LogP contribution is -2.00. The van der Waals surface area contributed by atoms with Crippen LogP contribution in [0.3, 0.4) is 0 Å². The molecule has 3 heteroatoms. The summed E-state index contributed by atoms with van der Waals surface area (Å²) in [6.45, 7) is 0. The highest BCUT2D eigenvalue weighted by Gasteiger charge is 2.15. The van der Waals surface area contributed by atoms with Crippen LogP contribution in [0.2, 0.25) is 0 Å². The average molecular weight is 588 g/mol. The predicted molar refractivity (Wildman–Crippen MR) is 190 cm³/mol. The Kier molecular flexibility index (Phi) is 7.18. The topological polar surface area (TPSA) is 38.7 Å². The molecule has 1 heterocycles. The number of hydrogen-bond acceptors (Lipinski definition) is 3. The van der Waals surface area contributed by atoms with Gasteiger partial charge >= 0.3 is 0 Å². The Bertz CT molecular complexity index is 2280. The summed E-state index contributed by atoms with van der Waals surface area (Å²) in [5, 5.41) is 2.44. The molecule has 0 aliphatic rings. The Hall–Kier alpha value is -6.19. The number of rotatable bonds is 6. The van der Waals surface area contributed by atoms with Gasteiger partial charge in [-0.25, -0.2) is 15.0 Å². The summed E-state index contributed by atoms with van der Waals surface area (Å²) in [5.41, 5.74) is 9.89. The molecule has 0 fully saturated rings. The first-order chi connectivity index (χ1) is 22.8. The molecule has 0 aliphatic heterocycles. The molecule has 0 spiro atoms. The van der Waals surface area contributed by atoms with Gasteiger partial charge in [-0.05, 0) is 50.2 Å². The fourth-order valence-electron chi connectivity index (χ4n) is 6.04. The zero-order chi connectivity index (χ0) is 30.7. The number of aromatic nitrogens is 3. The second-order valence-corrected chi connectivity index (χ2v) is 11.3. The van der Waals surface area contributed by atoms with E-state index in [4.69, 9.17) is 15.0 Å². The Labute approximate surface area is 268 Å². The molecule has 1 aromatic heterocycles. The molecule has 0 N–H and O–H groups in total. The highest BCUT2D eigenvalue weighted by Crippen LogP contribution is 2.37. The van der Waals surface area contributed by atoms with Gasteiger partial charge in [-0.2, -0.15) is 0 Å². The highest BCUT2D eigenvalue weighted by molar-refractivity contribution is 6.05. The van der Waals surface area contributed by atoms with Crippen LogP contribution in [0.5, 0.6) is 0 Å². The molecular weight excluding hydrogens is 558 g/mol. The molecule has 0 radical (unpaired) electrons. The van der Waals surface area contributed by atoms with Crippen molar-refractivity contribution in [3.8, 4) is 67.5 Å². The van der Waals surface area contributed by atoms with Crippen molar-refractivity contribution in [2.45, 2.75) is 0 Å². The van der Waals surface area contributed by atoms with Crippen LogP contribution in [0, 0.1) is 0 Å². The molecule has 0 atom stereocenters. The lowest BCUT2D eigenvalue weighted by molar-refractivity contribution is 1.07. The van der Waals surface area contributed by atoms with Crippen molar-refractivity contribution >= 4 is 10.8 Å². The molecule has 0 unspecified atom stereocenters. The first-order valence-corrected chi connectivity index (χ1v) is 15.5. The van der Waals surface area contributed by atoms with Crippen LogP contribution in [-0.2, 0) is 0 Å². The summed E-state index contributed by atoms with van der Waals surface area (Å²) >= 11 is 0.